The molecule has 2 aromatic carbocycles. The zero-order chi connectivity index (χ0) is 28.0. The topological polar surface area (TPSA) is 103 Å². The van der Waals surface area contributed by atoms with Gasteiger partial charge in [0.2, 0.25) is 10.0 Å². The summed E-state index contributed by atoms with van der Waals surface area (Å²) in [7, 11) is -3.92. The number of fused-ring (bicyclic) bond motifs is 1. The molecular formula is C26H29F4N3O4S. The van der Waals surface area contributed by atoms with E-state index < -0.39 is 44.7 Å². The summed E-state index contributed by atoms with van der Waals surface area (Å²) in [5.41, 5.74) is 5.95. The zero-order valence-corrected chi connectivity index (χ0v) is 22.0. The van der Waals surface area contributed by atoms with E-state index in [0.29, 0.717) is 12.8 Å². The number of carbonyl (C=O) groups is 1. The average molecular weight is 556 g/mol. The third-order valence-electron chi connectivity index (χ3n) is 6.75. The standard InChI is InChI=1S/C26H29F4N3O4S/c1-26(2,3)38(35,36)32-19-10-9-14(11-17(19)27)23-22(24(31)34)16-12-18(28)21(37-25(29)30)13-20(16)33(23)15-7-5-4-6-8-15/h9-13,15,25,32H,4-8H2,1-3H3,(H2,31,34). The van der Waals surface area contributed by atoms with Crippen LogP contribution in [-0.2, 0) is 10.0 Å². The van der Waals surface area contributed by atoms with Gasteiger partial charge in [-0.3, -0.25) is 9.52 Å². The number of rotatable bonds is 7. The summed E-state index contributed by atoms with van der Waals surface area (Å²) in [6, 6.07) is 5.53. The van der Waals surface area contributed by atoms with Gasteiger partial charge in [-0.25, -0.2) is 17.2 Å². The largest absolute Gasteiger partial charge is 0.432 e. The number of carbonyl (C=O) groups excluding carboxylic acids is 1. The van der Waals surface area contributed by atoms with Crippen molar-refractivity contribution in [2.45, 2.75) is 70.3 Å². The van der Waals surface area contributed by atoms with Crippen LogP contribution in [-0.4, -0.2) is 30.3 Å². The fourth-order valence-corrected chi connectivity index (χ4v) is 5.55. The summed E-state index contributed by atoms with van der Waals surface area (Å²) < 4.78 is 88.1. The molecule has 1 aliphatic rings. The van der Waals surface area contributed by atoms with Crippen LogP contribution in [0.15, 0.2) is 30.3 Å². The summed E-state index contributed by atoms with van der Waals surface area (Å²) in [5, 5.41) is 0.0788. The van der Waals surface area contributed by atoms with E-state index in [2.05, 4.69) is 9.46 Å². The number of primary amides is 1. The van der Waals surface area contributed by atoms with Crippen molar-refractivity contribution in [3.8, 4) is 17.0 Å². The van der Waals surface area contributed by atoms with Crippen LogP contribution in [0.5, 0.6) is 5.75 Å². The highest BCUT2D eigenvalue weighted by Gasteiger charge is 2.32. The Balaban J connectivity index is 1.97. The lowest BCUT2D eigenvalue weighted by atomic mass is 9.94. The molecule has 0 atom stereocenters. The first-order chi connectivity index (χ1) is 17.7. The number of nitrogens with one attached hydrogen (secondary N) is 1. The molecular weight excluding hydrogens is 526 g/mol. The van der Waals surface area contributed by atoms with E-state index in [4.69, 9.17) is 5.73 Å². The first-order valence-corrected chi connectivity index (χ1v) is 13.6. The van der Waals surface area contributed by atoms with Gasteiger partial charge in [-0.2, -0.15) is 8.78 Å². The number of anilines is 1. The highest BCUT2D eigenvalue weighted by molar-refractivity contribution is 7.94. The van der Waals surface area contributed by atoms with E-state index in [9.17, 15) is 26.4 Å². The van der Waals surface area contributed by atoms with E-state index in [-0.39, 0.29) is 39.5 Å². The van der Waals surface area contributed by atoms with Crippen LogP contribution in [0.4, 0.5) is 23.2 Å². The minimum atomic E-state index is -3.92. The summed E-state index contributed by atoms with van der Waals surface area (Å²) >= 11 is 0. The molecule has 4 rings (SSSR count). The van der Waals surface area contributed by atoms with Crippen LogP contribution in [0.25, 0.3) is 22.2 Å². The lowest BCUT2D eigenvalue weighted by Crippen LogP contribution is -2.33. The number of nitrogens with zero attached hydrogens (tertiary/aromatic N) is 1. The second-order valence-corrected chi connectivity index (χ2v) is 12.8. The number of hydrogen-bond acceptors (Lipinski definition) is 4. The Hall–Kier alpha value is -3.28. The Bertz CT molecular complexity index is 1490. The molecule has 0 unspecified atom stereocenters. The molecule has 1 amide bonds. The maximum absolute atomic E-state index is 15.3. The van der Waals surface area contributed by atoms with Crippen molar-refractivity contribution in [2.24, 2.45) is 5.73 Å². The number of benzene rings is 2. The molecule has 0 saturated heterocycles. The van der Waals surface area contributed by atoms with Gasteiger partial charge in [-0.1, -0.05) is 25.3 Å². The van der Waals surface area contributed by atoms with Crippen molar-refractivity contribution in [3.05, 3.63) is 47.5 Å². The van der Waals surface area contributed by atoms with Crippen LogP contribution >= 0.6 is 0 Å². The van der Waals surface area contributed by atoms with Crippen LogP contribution < -0.4 is 15.2 Å². The number of alkyl halides is 2. The molecule has 38 heavy (non-hydrogen) atoms. The van der Waals surface area contributed by atoms with Crippen LogP contribution in [0.2, 0.25) is 0 Å². The molecule has 0 aliphatic heterocycles. The fourth-order valence-electron chi connectivity index (χ4n) is 4.79. The summed E-state index contributed by atoms with van der Waals surface area (Å²) in [6.07, 6.45) is 4.07. The Morgan fingerprint density at radius 1 is 1.08 bits per heavy atom. The number of nitrogens with two attached hydrogens (primary N) is 1. The first-order valence-electron chi connectivity index (χ1n) is 12.2. The molecule has 1 heterocycles. The molecule has 1 saturated carbocycles. The van der Waals surface area contributed by atoms with Gasteiger partial charge in [0, 0.05) is 23.1 Å². The predicted molar refractivity (Wildman–Crippen MR) is 137 cm³/mol. The molecule has 0 spiro atoms. The molecule has 0 radical (unpaired) electrons. The van der Waals surface area contributed by atoms with Crippen LogP contribution in [0.1, 0.15) is 69.3 Å². The van der Waals surface area contributed by atoms with E-state index in [1.54, 1.807) is 4.57 Å². The second-order valence-electron chi connectivity index (χ2n) is 10.3. The molecule has 12 heteroatoms. The molecule has 1 aromatic heterocycles. The van der Waals surface area contributed by atoms with Gasteiger partial charge >= 0.3 is 6.61 Å². The number of amides is 1. The quantitative estimate of drug-likeness (QED) is 0.333. The highest BCUT2D eigenvalue weighted by Crippen LogP contribution is 2.43. The Morgan fingerprint density at radius 2 is 1.74 bits per heavy atom. The Labute approximate surface area is 218 Å². The third-order valence-corrected chi connectivity index (χ3v) is 8.85. The van der Waals surface area contributed by atoms with Crippen molar-refractivity contribution in [3.63, 3.8) is 0 Å². The van der Waals surface area contributed by atoms with Crippen molar-refractivity contribution >= 4 is 32.5 Å². The zero-order valence-electron chi connectivity index (χ0n) is 21.2. The van der Waals surface area contributed by atoms with E-state index in [1.807, 2.05) is 0 Å². The van der Waals surface area contributed by atoms with Crippen molar-refractivity contribution in [1.82, 2.24) is 4.57 Å². The molecule has 1 fully saturated rings. The van der Waals surface area contributed by atoms with E-state index >= 15 is 4.39 Å². The van der Waals surface area contributed by atoms with Gasteiger partial charge in [0.1, 0.15) is 5.82 Å². The number of aromatic nitrogens is 1. The predicted octanol–water partition coefficient (Wildman–Crippen LogP) is 6.33. The van der Waals surface area contributed by atoms with Gasteiger partial charge in [-0.15, -0.1) is 0 Å². The molecule has 3 aromatic rings. The number of sulfonamides is 1. The maximum Gasteiger partial charge on any atom is 0.387 e. The van der Waals surface area contributed by atoms with E-state index in [1.165, 1.54) is 32.9 Å². The highest BCUT2D eigenvalue weighted by atomic mass is 32.2. The Kier molecular flexibility index (Phi) is 7.39. The maximum atomic E-state index is 15.3. The van der Waals surface area contributed by atoms with Crippen molar-refractivity contribution in [1.29, 1.82) is 0 Å². The van der Waals surface area contributed by atoms with Crippen molar-refractivity contribution < 1.29 is 35.5 Å². The third kappa shape index (κ3) is 5.18. The normalized spacial score (nSPS) is 15.3. The van der Waals surface area contributed by atoms with Gasteiger partial charge in [-0.05, 0) is 51.8 Å². The lowest BCUT2D eigenvalue weighted by molar-refractivity contribution is -0.0521. The van der Waals surface area contributed by atoms with Gasteiger partial charge in [0.25, 0.3) is 5.91 Å². The molecule has 3 N–H and O–H groups in total. The second kappa shape index (κ2) is 10.1. The minimum absolute atomic E-state index is 0.0788. The molecule has 206 valence electrons. The first kappa shape index (κ1) is 27.7. The Morgan fingerprint density at radius 3 is 2.29 bits per heavy atom. The number of hydrogen-bond donors (Lipinski definition) is 2. The SMILES string of the molecule is CC(C)(C)S(=O)(=O)Nc1ccc(-c2c(C(N)=O)c3cc(F)c(OC(F)F)cc3n2C2CCCCC2)cc1F. The smallest absolute Gasteiger partial charge is 0.387 e. The number of ether oxygens (including phenoxy) is 1. The van der Waals surface area contributed by atoms with Crippen LogP contribution in [0.3, 0.4) is 0 Å². The monoisotopic (exact) mass is 555 g/mol. The average Bonchev–Trinajstić information content (AvgIpc) is 3.14. The number of halogens is 4. The van der Waals surface area contributed by atoms with Gasteiger partial charge in [0.05, 0.1) is 27.2 Å². The van der Waals surface area contributed by atoms with Crippen molar-refractivity contribution in [2.75, 3.05) is 4.72 Å². The van der Waals surface area contributed by atoms with E-state index in [0.717, 1.165) is 37.5 Å². The fraction of sp³-hybridized carbons (Fsp3) is 0.423. The summed E-state index contributed by atoms with van der Waals surface area (Å²) in [5.74, 6) is -3.62. The summed E-state index contributed by atoms with van der Waals surface area (Å²) in [6.45, 7) is 1.13. The summed E-state index contributed by atoms with van der Waals surface area (Å²) in [4.78, 5) is 12.7. The molecule has 1 aliphatic carbocycles. The molecule has 0 bridgehead atoms. The van der Waals surface area contributed by atoms with Gasteiger partial charge < -0.3 is 15.0 Å². The lowest BCUT2D eigenvalue weighted by Gasteiger charge is -2.27. The van der Waals surface area contributed by atoms with Crippen LogP contribution in [0, 0.1) is 11.6 Å². The molecule has 7 nitrogen and oxygen atoms in total. The minimum Gasteiger partial charge on any atom is -0.432 e. The van der Waals surface area contributed by atoms with Gasteiger partial charge in [0.15, 0.2) is 11.6 Å².